The number of carbonyl (C=O) groups excluding carboxylic acids is 1. The molecule has 0 unspecified atom stereocenters. The van der Waals surface area contributed by atoms with Crippen LogP contribution < -0.4 is 15.5 Å². The lowest BCUT2D eigenvalue weighted by Gasteiger charge is -2.33. The number of urea groups is 1. The van der Waals surface area contributed by atoms with E-state index in [0.29, 0.717) is 38.5 Å². The van der Waals surface area contributed by atoms with Gasteiger partial charge in [-0.1, -0.05) is 0 Å². The molecule has 150 valence electrons. The Hall–Kier alpha value is -1.91. The molecule has 0 radical (unpaired) electrons. The van der Waals surface area contributed by atoms with Gasteiger partial charge in [-0.15, -0.1) is 0 Å². The van der Waals surface area contributed by atoms with Crippen molar-refractivity contribution in [3.63, 3.8) is 0 Å². The molecule has 1 saturated heterocycles. The summed E-state index contributed by atoms with van der Waals surface area (Å²) in [6.45, 7) is 6.62. The molecule has 9 nitrogen and oxygen atoms in total. The van der Waals surface area contributed by atoms with Crippen LogP contribution in [0.4, 0.5) is 16.3 Å². The summed E-state index contributed by atoms with van der Waals surface area (Å²) in [6.07, 6.45) is 3.64. The first-order valence-corrected chi connectivity index (χ1v) is 10.9. The number of carbonyl (C=O) groups is 1. The lowest BCUT2D eigenvalue weighted by molar-refractivity contribution is 0.0494. The summed E-state index contributed by atoms with van der Waals surface area (Å²) in [5.41, 5.74) is 0.340. The second kappa shape index (κ2) is 7.61. The Bertz CT molecular complexity index is 777. The molecule has 2 aliphatic rings. The van der Waals surface area contributed by atoms with Crippen LogP contribution in [0.25, 0.3) is 0 Å². The first kappa shape index (κ1) is 19.8. The van der Waals surface area contributed by atoms with Gasteiger partial charge in [0.2, 0.25) is 10.0 Å². The van der Waals surface area contributed by atoms with Crippen molar-refractivity contribution in [1.29, 1.82) is 0 Å². The minimum Gasteiger partial charge on any atom is -0.373 e. The Kier molecular flexibility index (Phi) is 5.59. The zero-order valence-electron chi connectivity index (χ0n) is 15.9. The second-order valence-corrected chi connectivity index (χ2v) is 9.14. The molecule has 2 heterocycles. The lowest BCUT2D eigenvalue weighted by atomic mass is 10.3. The van der Waals surface area contributed by atoms with Gasteiger partial charge in [0.25, 0.3) is 0 Å². The number of hydrogen-bond donors (Lipinski definition) is 2. The number of rotatable bonds is 6. The van der Waals surface area contributed by atoms with E-state index in [1.807, 2.05) is 24.8 Å². The molecule has 2 atom stereocenters. The maximum atomic E-state index is 12.1. The normalized spacial score (nSPS) is 25.9. The summed E-state index contributed by atoms with van der Waals surface area (Å²) in [4.78, 5) is 18.5. The van der Waals surface area contributed by atoms with E-state index in [2.05, 4.69) is 15.6 Å². The molecule has 1 aliphatic carbocycles. The van der Waals surface area contributed by atoms with Crippen molar-refractivity contribution in [2.45, 2.75) is 31.9 Å². The fourth-order valence-corrected chi connectivity index (χ4v) is 4.09. The Balaban J connectivity index is 1.49. The zero-order valence-corrected chi connectivity index (χ0v) is 16.8. The van der Waals surface area contributed by atoms with Crippen molar-refractivity contribution in [2.75, 3.05) is 49.3 Å². The van der Waals surface area contributed by atoms with Crippen LogP contribution in [0.1, 0.15) is 20.3 Å². The van der Waals surface area contributed by atoms with E-state index in [0.717, 1.165) is 12.2 Å². The molecule has 2 N–H and O–H groups in total. The van der Waals surface area contributed by atoms with E-state index in [1.165, 1.54) is 10.6 Å². The van der Waals surface area contributed by atoms with Gasteiger partial charge in [-0.25, -0.2) is 18.2 Å². The molecule has 1 aliphatic heterocycles. The van der Waals surface area contributed by atoms with E-state index in [1.54, 1.807) is 12.3 Å². The summed E-state index contributed by atoms with van der Waals surface area (Å²) in [5, 5.41) is 5.68. The van der Waals surface area contributed by atoms with Crippen molar-refractivity contribution in [2.24, 2.45) is 0 Å². The molecule has 0 bridgehead atoms. The Morgan fingerprint density at radius 1 is 1.33 bits per heavy atom. The predicted molar refractivity (Wildman–Crippen MR) is 103 cm³/mol. The Labute approximate surface area is 160 Å². The summed E-state index contributed by atoms with van der Waals surface area (Å²) in [7, 11) is -3.15. The molecule has 1 aromatic rings. The number of piperazine rings is 1. The van der Waals surface area contributed by atoms with Gasteiger partial charge in [-0.05, 0) is 26.0 Å². The Morgan fingerprint density at radius 3 is 2.59 bits per heavy atom. The maximum Gasteiger partial charge on any atom is 0.319 e. The number of pyridine rings is 1. The third-order valence-corrected chi connectivity index (χ3v) is 6.31. The molecule has 10 heteroatoms. The summed E-state index contributed by atoms with van der Waals surface area (Å²) >= 11 is 0. The number of amides is 2. The number of anilines is 2. The molecule has 1 saturated carbocycles. The molecule has 0 spiro atoms. The van der Waals surface area contributed by atoms with Crippen LogP contribution in [0.3, 0.4) is 0 Å². The van der Waals surface area contributed by atoms with Crippen LogP contribution in [0.15, 0.2) is 18.3 Å². The van der Waals surface area contributed by atoms with E-state index < -0.39 is 10.0 Å². The van der Waals surface area contributed by atoms with Crippen molar-refractivity contribution < 1.29 is 17.9 Å². The van der Waals surface area contributed by atoms with E-state index in [9.17, 15) is 13.2 Å². The molecular formula is C17H27N5O4S. The average molecular weight is 398 g/mol. The van der Waals surface area contributed by atoms with Crippen LogP contribution in [0, 0.1) is 0 Å². The third kappa shape index (κ3) is 4.88. The van der Waals surface area contributed by atoms with Gasteiger partial charge in [0.05, 0.1) is 29.8 Å². The number of aromatic nitrogens is 1. The van der Waals surface area contributed by atoms with Crippen LogP contribution in [-0.4, -0.2) is 74.4 Å². The molecule has 2 amide bonds. The van der Waals surface area contributed by atoms with Crippen LogP contribution in [-0.2, 0) is 14.8 Å². The van der Waals surface area contributed by atoms with Crippen molar-refractivity contribution in [1.82, 2.24) is 14.6 Å². The van der Waals surface area contributed by atoms with E-state index in [4.69, 9.17) is 4.74 Å². The standard InChI is InChI=1S/C17H27N5O4S/c1-4-26-17(2)11-14(17)20-16(23)19-13-5-6-15(18-12-13)21-7-9-22(10-8-21)27(3,24)25/h5-6,12,14H,4,7-11H2,1-3H3,(H2,19,20,23)/t14-,17+/m1/s1. The second-order valence-electron chi connectivity index (χ2n) is 7.16. The monoisotopic (exact) mass is 397 g/mol. The van der Waals surface area contributed by atoms with Gasteiger partial charge < -0.3 is 20.3 Å². The molecule has 0 aromatic carbocycles. The quantitative estimate of drug-likeness (QED) is 0.738. The highest BCUT2D eigenvalue weighted by Gasteiger charge is 2.52. The number of ether oxygens (including phenoxy) is 1. The first-order valence-electron chi connectivity index (χ1n) is 9.09. The fraction of sp³-hybridized carbons (Fsp3) is 0.647. The highest BCUT2D eigenvalue weighted by atomic mass is 32.2. The molecule has 1 aromatic heterocycles. The number of nitrogens with one attached hydrogen (secondary N) is 2. The van der Waals surface area contributed by atoms with E-state index in [-0.39, 0.29) is 17.7 Å². The average Bonchev–Trinajstić information content (AvgIpc) is 3.23. The smallest absolute Gasteiger partial charge is 0.319 e. The van der Waals surface area contributed by atoms with Gasteiger partial charge in [-0.2, -0.15) is 4.31 Å². The molecule has 27 heavy (non-hydrogen) atoms. The minimum absolute atomic E-state index is 0.0239. The highest BCUT2D eigenvalue weighted by molar-refractivity contribution is 7.88. The third-order valence-electron chi connectivity index (χ3n) is 5.00. The molecule has 2 fully saturated rings. The van der Waals surface area contributed by atoms with Gasteiger partial charge in [0, 0.05) is 39.2 Å². The minimum atomic E-state index is -3.15. The lowest BCUT2D eigenvalue weighted by Crippen LogP contribution is -2.48. The summed E-state index contributed by atoms with van der Waals surface area (Å²) in [6, 6.07) is 3.36. The van der Waals surface area contributed by atoms with Gasteiger partial charge in [-0.3, -0.25) is 0 Å². The fourth-order valence-electron chi connectivity index (χ4n) is 3.26. The van der Waals surface area contributed by atoms with Crippen LogP contribution in [0.2, 0.25) is 0 Å². The van der Waals surface area contributed by atoms with Gasteiger partial charge in [0.1, 0.15) is 5.82 Å². The maximum absolute atomic E-state index is 12.1. The Morgan fingerprint density at radius 2 is 2.04 bits per heavy atom. The topological polar surface area (TPSA) is 104 Å². The van der Waals surface area contributed by atoms with Crippen molar-refractivity contribution in [3.8, 4) is 0 Å². The van der Waals surface area contributed by atoms with Crippen LogP contribution >= 0.6 is 0 Å². The van der Waals surface area contributed by atoms with Gasteiger partial charge in [0.15, 0.2) is 0 Å². The molecular weight excluding hydrogens is 370 g/mol. The SMILES string of the molecule is CCO[C@@]1(C)C[C@H]1NC(=O)Nc1ccc(N2CCN(S(C)(=O)=O)CC2)nc1. The zero-order chi connectivity index (χ0) is 19.7. The number of hydrogen-bond acceptors (Lipinski definition) is 6. The largest absolute Gasteiger partial charge is 0.373 e. The predicted octanol–water partition coefficient (Wildman–Crippen LogP) is 0.852. The van der Waals surface area contributed by atoms with Gasteiger partial charge >= 0.3 is 6.03 Å². The number of sulfonamides is 1. The summed E-state index contributed by atoms with van der Waals surface area (Å²) in [5.74, 6) is 0.764. The first-order chi connectivity index (χ1) is 12.7. The van der Waals surface area contributed by atoms with Crippen molar-refractivity contribution in [3.05, 3.63) is 18.3 Å². The highest BCUT2D eigenvalue weighted by Crippen LogP contribution is 2.39. The van der Waals surface area contributed by atoms with Crippen LogP contribution in [0.5, 0.6) is 0 Å². The molecule has 3 rings (SSSR count). The van der Waals surface area contributed by atoms with Crippen molar-refractivity contribution >= 4 is 27.6 Å². The number of nitrogens with zero attached hydrogens (tertiary/aromatic N) is 3. The summed E-state index contributed by atoms with van der Waals surface area (Å²) < 4.78 is 30.2. The van der Waals surface area contributed by atoms with E-state index >= 15 is 0 Å².